The first-order valence-corrected chi connectivity index (χ1v) is 9.17. The number of nitrogens with zero attached hydrogens (tertiary/aromatic N) is 4. The Bertz CT molecular complexity index is 587. The molecule has 1 N–H and O–H groups in total. The number of hydrogen-bond donors (Lipinski definition) is 1. The number of carbonyl (C=O) groups excluding carboxylic acids is 1. The van der Waals surface area contributed by atoms with Crippen LogP contribution in [0.25, 0.3) is 0 Å². The summed E-state index contributed by atoms with van der Waals surface area (Å²) < 4.78 is 5.21. The van der Waals surface area contributed by atoms with Crippen LogP contribution in [-0.2, 0) is 11.2 Å². The highest BCUT2D eigenvalue weighted by molar-refractivity contribution is 14.0. The Morgan fingerprint density at radius 3 is 2.35 bits per heavy atom. The van der Waals surface area contributed by atoms with Gasteiger partial charge in [-0.25, -0.2) is 0 Å². The molecule has 26 heavy (non-hydrogen) atoms. The smallest absolute Gasteiger partial charge is 0.225 e. The number of amides is 1. The first-order valence-electron chi connectivity index (χ1n) is 9.17. The normalized spacial score (nSPS) is 15.2. The van der Waals surface area contributed by atoms with Crippen LogP contribution >= 0.6 is 24.0 Å². The van der Waals surface area contributed by atoms with Gasteiger partial charge in [-0.05, 0) is 27.2 Å². The standard InChI is InChI=1S/C18H31N5O2.HI/c1-6-19-18(20-8-7-16-14(4)21-25-15(16)5)23-11-9-22(10-12-23)17(24)13(2)3;/h13H,6-12H2,1-5H3,(H,19,20);1H. The summed E-state index contributed by atoms with van der Waals surface area (Å²) in [7, 11) is 0. The molecule has 1 fully saturated rings. The zero-order valence-corrected chi connectivity index (χ0v) is 18.9. The van der Waals surface area contributed by atoms with Crippen molar-refractivity contribution >= 4 is 35.8 Å². The van der Waals surface area contributed by atoms with Crippen molar-refractivity contribution < 1.29 is 9.32 Å². The second kappa shape index (κ2) is 10.7. The molecular formula is C18H32IN5O2. The number of hydrogen-bond acceptors (Lipinski definition) is 4. The van der Waals surface area contributed by atoms with Crippen molar-refractivity contribution in [2.24, 2.45) is 10.9 Å². The minimum atomic E-state index is 0. The number of aliphatic imine (C=N–C) groups is 1. The van der Waals surface area contributed by atoms with Gasteiger partial charge in [0.1, 0.15) is 5.76 Å². The van der Waals surface area contributed by atoms with Crippen molar-refractivity contribution in [1.82, 2.24) is 20.3 Å². The number of halogens is 1. The third-order valence-electron chi connectivity index (χ3n) is 4.52. The highest BCUT2D eigenvalue weighted by Crippen LogP contribution is 2.13. The molecule has 7 nitrogen and oxygen atoms in total. The summed E-state index contributed by atoms with van der Waals surface area (Å²) in [6.07, 6.45) is 0.821. The molecule has 1 aliphatic heterocycles. The molecule has 0 spiro atoms. The molecule has 1 amide bonds. The molecule has 1 aliphatic rings. The van der Waals surface area contributed by atoms with Gasteiger partial charge in [-0.3, -0.25) is 9.79 Å². The average Bonchev–Trinajstić information content (AvgIpc) is 2.92. The lowest BCUT2D eigenvalue weighted by Gasteiger charge is -2.37. The topological polar surface area (TPSA) is 74.0 Å². The van der Waals surface area contributed by atoms with Gasteiger partial charge in [0.2, 0.25) is 5.91 Å². The van der Waals surface area contributed by atoms with Crippen LogP contribution < -0.4 is 5.32 Å². The maximum atomic E-state index is 12.1. The molecule has 0 saturated carbocycles. The third kappa shape index (κ3) is 5.85. The summed E-state index contributed by atoms with van der Waals surface area (Å²) >= 11 is 0. The van der Waals surface area contributed by atoms with Gasteiger partial charge in [-0.1, -0.05) is 19.0 Å². The van der Waals surface area contributed by atoms with E-state index >= 15 is 0 Å². The Balaban J connectivity index is 0.00000338. The fourth-order valence-corrected chi connectivity index (χ4v) is 3.06. The minimum Gasteiger partial charge on any atom is -0.361 e. The fraction of sp³-hybridized carbons (Fsp3) is 0.722. The fourth-order valence-electron chi connectivity index (χ4n) is 3.06. The van der Waals surface area contributed by atoms with Crippen LogP contribution in [0, 0.1) is 19.8 Å². The van der Waals surface area contributed by atoms with E-state index in [1.54, 1.807) is 0 Å². The van der Waals surface area contributed by atoms with Gasteiger partial charge < -0.3 is 19.6 Å². The lowest BCUT2D eigenvalue weighted by molar-refractivity contribution is -0.135. The van der Waals surface area contributed by atoms with Gasteiger partial charge in [0, 0.05) is 50.7 Å². The Kier molecular flexibility index (Phi) is 9.38. The summed E-state index contributed by atoms with van der Waals surface area (Å²) in [4.78, 5) is 21.1. The van der Waals surface area contributed by atoms with E-state index in [2.05, 4.69) is 22.3 Å². The maximum Gasteiger partial charge on any atom is 0.225 e. The van der Waals surface area contributed by atoms with Crippen molar-refractivity contribution in [2.45, 2.75) is 41.0 Å². The van der Waals surface area contributed by atoms with Crippen molar-refractivity contribution in [3.8, 4) is 0 Å². The number of aryl methyl sites for hydroxylation is 2. The number of carbonyl (C=O) groups is 1. The Labute approximate surface area is 173 Å². The lowest BCUT2D eigenvalue weighted by Crippen LogP contribution is -2.54. The van der Waals surface area contributed by atoms with Crippen LogP contribution in [0.1, 0.15) is 37.8 Å². The summed E-state index contributed by atoms with van der Waals surface area (Å²) in [6.45, 7) is 14.5. The first-order chi connectivity index (χ1) is 11.9. The van der Waals surface area contributed by atoms with Crippen LogP contribution in [0.5, 0.6) is 0 Å². The maximum absolute atomic E-state index is 12.1. The molecule has 1 aromatic heterocycles. The highest BCUT2D eigenvalue weighted by atomic mass is 127. The first kappa shape index (κ1) is 22.7. The summed E-state index contributed by atoms with van der Waals surface area (Å²) in [5.41, 5.74) is 2.09. The lowest BCUT2D eigenvalue weighted by atomic mass is 10.1. The van der Waals surface area contributed by atoms with E-state index < -0.39 is 0 Å². The third-order valence-corrected chi connectivity index (χ3v) is 4.52. The van der Waals surface area contributed by atoms with Gasteiger partial charge in [-0.15, -0.1) is 24.0 Å². The Morgan fingerprint density at radius 1 is 1.23 bits per heavy atom. The minimum absolute atomic E-state index is 0. The van der Waals surface area contributed by atoms with Crippen LogP contribution in [0.4, 0.5) is 0 Å². The number of rotatable bonds is 5. The van der Waals surface area contributed by atoms with Gasteiger partial charge >= 0.3 is 0 Å². The Hall–Kier alpha value is -1.32. The summed E-state index contributed by atoms with van der Waals surface area (Å²) in [6, 6.07) is 0. The van der Waals surface area contributed by atoms with Crippen LogP contribution in [0.3, 0.4) is 0 Å². The molecule has 2 heterocycles. The SMILES string of the molecule is CCNC(=NCCc1c(C)noc1C)N1CCN(C(=O)C(C)C)CC1.I. The van der Waals surface area contributed by atoms with E-state index in [-0.39, 0.29) is 35.8 Å². The van der Waals surface area contributed by atoms with Crippen molar-refractivity contribution in [1.29, 1.82) is 0 Å². The molecule has 0 bridgehead atoms. The zero-order chi connectivity index (χ0) is 18.4. The predicted octanol–water partition coefficient (Wildman–Crippen LogP) is 2.22. The second-order valence-electron chi connectivity index (χ2n) is 6.76. The van der Waals surface area contributed by atoms with Gasteiger partial charge in [0.25, 0.3) is 0 Å². The van der Waals surface area contributed by atoms with Gasteiger partial charge in [0.05, 0.1) is 5.69 Å². The summed E-state index contributed by atoms with van der Waals surface area (Å²) in [5, 5.41) is 7.35. The largest absolute Gasteiger partial charge is 0.361 e. The van der Waals surface area contributed by atoms with E-state index in [0.717, 1.165) is 62.1 Å². The van der Waals surface area contributed by atoms with E-state index in [4.69, 9.17) is 9.52 Å². The van der Waals surface area contributed by atoms with Crippen molar-refractivity contribution in [2.75, 3.05) is 39.3 Å². The van der Waals surface area contributed by atoms with E-state index in [1.807, 2.05) is 32.6 Å². The molecule has 148 valence electrons. The Morgan fingerprint density at radius 2 is 1.85 bits per heavy atom. The molecule has 1 saturated heterocycles. The van der Waals surface area contributed by atoms with Crippen molar-refractivity contribution in [3.05, 3.63) is 17.0 Å². The number of nitrogens with one attached hydrogen (secondary N) is 1. The number of aromatic nitrogens is 1. The van der Waals surface area contributed by atoms with Crippen molar-refractivity contribution in [3.63, 3.8) is 0 Å². The van der Waals surface area contributed by atoms with Crippen LogP contribution in [0.15, 0.2) is 9.52 Å². The van der Waals surface area contributed by atoms with E-state index in [1.165, 1.54) is 0 Å². The molecule has 0 aliphatic carbocycles. The second-order valence-corrected chi connectivity index (χ2v) is 6.76. The monoisotopic (exact) mass is 477 g/mol. The van der Waals surface area contributed by atoms with Gasteiger partial charge in [-0.2, -0.15) is 0 Å². The highest BCUT2D eigenvalue weighted by Gasteiger charge is 2.24. The molecule has 8 heteroatoms. The predicted molar refractivity (Wildman–Crippen MR) is 114 cm³/mol. The molecule has 0 aromatic carbocycles. The van der Waals surface area contributed by atoms with Crippen LogP contribution in [0.2, 0.25) is 0 Å². The number of piperazine rings is 1. The molecule has 1 aromatic rings. The van der Waals surface area contributed by atoms with E-state index in [0.29, 0.717) is 6.54 Å². The molecular weight excluding hydrogens is 445 g/mol. The molecule has 0 unspecified atom stereocenters. The van der Waals surface area contributed by atoms with Crippen LogP contribution in [-0.4, -0.2) is 66.1 Å². The van der Waals surface area contributed by atoms with Gasteiger partial charge in [0.15, 0.2) is 5.96 Å². The number of guanidine groups is 1. The molecule has 0 atom stereocenters. The van der Waals surface area contributed by atoms with E-state index in [9.17, 15) is 4.79 Å². The average molecular weight is 477 g/mol. The quantitative estimate of drug-likeness (QED) is 0.400. The molecule has 2 rings (SSSR count). The molecule has 0 radical (unpaired) electrons. The summed E-state index contributed by atoms with van der Waals surface area (Å²) in [5.74, 6) is 2.09. The zero-order valence-electron chi connectivity index (χ0n) is 16.5.